The van der Waals surface area contributed by atoms with E-state index in [2.05, 4.69) is 22.5 Å². The summed E-state index contributed by atoms with van der Waals surface area (Å²) in [5, 5.41) is 7.43. The van der Waals surface area contributed by atoms with Crippen LogP contribution in [0.4, 0.5) is 5.69 Å². The van der Waals surface area contributed by atoms with Gasteiger partial charge in [0.05, 0.1) is 19.0 Å². The van der Waals surface area contributed by atoms with E-state index in [1.54, 1.807) is 11.8 Å². The molecule has 17 heavy (non-hydrogen) atoms. The van der Waals surface area contributed by atoms with Crippen molar-refractivity contribution in [2.45, 2.75) is 13.5 Å². The summed E-state index contributed by atoms with van der Waals surface area (Å²) in [5.74, 6) is 0.926. The molecule has 0 radical (unpaired) electrons. The lowest BCUT2D eigenvalue weighted by atomic mass is 10.1. The Morgan fingerprint density at radius 3 is 2.82 bits per heavy atom. The predicted octanol–water partition coefficient (Wildman–Crippen LogP) is 2.35. The number of hydrogen-bond donors (Lipinski definition) is 1. The molecule has 90 valence electrons. The zero-order chi connectivity index (χ0) is 12.3. The molecule has 2 aromatic rings. The first-order valence-electron chi connectivity index (χ1n) is 5.55. The first-order valence-corrected chi connectivity index (χ1v) is 5.55. The Bertz CT molecular complexity index is 505. The van der Waals surface area contributed by atoms with Crippen molar-refractivity contribution in [2.75, 3.05) is 12.4 Å². The third-order valence-corrected chi connectivity index (χ3v) is 2.66. The average molecular weight is 231 g/mol. The van der Waals surface area contributed by atoms with Crippen LogP contribution in [-0.4, -0.2) is 16.9 Å². The highest BCUT2D eigenvalue weighted by molar-refractivity contribution is 5.41. The molecule has 4 nitrogen and oxygen atoms in total. The molecule has 2 rings (SSSR count). The van der Waals surface area contributed by atoms with Crippen molar-refractivity contribution in [3.63, 3.8) is 0 Å². The molecular formula is C13H17N3O. The molecule has 1 aromatic carbocycles. The van der Waals surface area contributed by atoms with Crippen LogP contribution in [0.25, 0.3) is 0 Å². The van der Waals surface area contributed by atoms with E-state index in [0.29, 0.717) is 0 Å². The summed E-state index contributed by atoms with van der Waals surface area (Å²) >= 11 is 0. The zero-order valence-corrected chi connectivity index (χ0v) is 10.4. The summed E-state index contributed by atoms with van der Waals surface area (Å²) in [6.07, 6.45) is 3.77. The van der Waals surface area contributed by atoms with Crippen molar-refractivity contribution in [3.8, 4) is 5.75 Å². The van der Waals surface area contributed by atoms with E-state index >= 15 is 0 Å². The standard InChI is InChI=1S/C13H17N3O/c1-10-6-11(4-5-13(10)17-3)7-14-12-8-15-16(2)9-12/h4-6,8-9,14H,7H2,1-3H3. The SMILES string of the molecule is COc1ccc(CNc2cnn(C)c2)cc1C. The number of nitrogens with zero attached hydrogens (tertiary/aromatic N) is 2. The Kier molecular flexibility index (Phi) is 3.32. The van der Waals surface area contributed by atoms with Gasteiger partial charge in [-0.1, -0.05) is 12.1 Å². The van der Waals surface area contributed by atoms with Gasteiger partial charge >= 0.3 is 0 Å². The zero-order valence-electron chi connectivity index (χ0n) is 10.4. The van der Waals surface area contributed by atoms with Crippen LogP contribution in [0.5, 0.6) is 5.75 Å². The van der Waals surface area contributed by atoms with Crippen LogP contribution in [0.2, 0.25) is 0 Å². The third-order valence-electron chi connectivity index (χ3n) is 2.66. The third kappa shape index (κ3) is 2.78. The van der Waals surface area contributed by atoms with Crippen LogP contribution in [0.1, 0.15) is 11.1 Å². The van der Waals surface area contributed by atoms with Crippen molar-refractivity contribution in [1.29, 1.82) is 0 Å². The molecule has 0 bridgehead atoms. The lowest BCUT2D eigenvalue weighted by Crippen LogP contribution is -1.99. The van der Waals surface area contributed by atoms with Crippen molar-refractivity contribution < 1.29 is 4.74 Å². The molecule has 0 atom stereocenters. The summed E-state index contributed by atoms with van der Waals surface area (Å²) in [7, 11) is 3.60. The molecule has 4 heteroatoms. The topological polar surface area (TPSA) is 39.1 Å². The molecule has 1 N–H and O–H groups in total. The monoisotopic (exact) mass is 231 g/mol. The Hall–Kier alpha value is -1.97. The van der Waals surface area contributed by atoms with E-state index in [0.717, 1.165) is 23.5 Å². The molecule has 0 aliphatic heterocycles. The minimum atomic E-state index is 0.788. The van der Waals surface area contributed by atoms with Gasteiger partial charge in [-0.2, -0.15) is 5.10 Å². The number of aryl methyl sites for hydroxylation is 2. The summed E-state index contributed by atoms with van der Waals surface area (Å²) in [4.78, 5) is 0. The molecular weight excluding hydrogens is 214 g/mol. The number of aromatic nitrogens is 2. The van der Waals surface area contributed by atoms with Crippen molar-refractivity contribution >= 4 is 5.69 Å². The normalized spacial score (nSPS) is 10.3. The number of anilines is 1. The van der Waals surface area contributed by atoms with Crippen molar-refractivity contribution in [2.24, 2.45) is 7.05 Å². The molecule has 0 saturated carbocycles. The summed E-state index contributed by atoms with van der Waals surface area (Å²) in [6, 6.07) is 6.19. The molecule has 0 amide bonds. The molecule has 0 aliphatic rings. The molecule has 0 saturated heterocycles. The maximum atomic E-state index is 5.23. The quantitative estimate of drug-likeness (QED) is 0.878. The molecule has 0 unspecified atom stereocenters. The van der Waals surface area contributed by atoms with Gasteiger partial charge in [0, 0.05) is 19.8 Å². The highest BCUT2D eigenvalue weighted by atomic mass is 16.5. The van der Waals surface area contributed by atoms with E-state index in [9.17, 15) is 0 Å². The van der Waals surface area contributed by atoms with Gasteiger partial charge in [-0.25, -0.2) is 0 Å². The lowest BCUT2D eigenvalue weighted by Gasteiger charge is -2.08. The number of nitrogens with one attached hydrogen (secondary N) is 1. The lowest BCUT2D eigenvalue weighted by molar-refractivity contribution is 0.411. The Labute approximate surface area is 101 Å². The van der Waals surface area contributed by atoms with Crippen LogP contribution in [0, 0.1) is 6.92 Å². The Morgan fingerprint density at radius 1 is 1.41 bits per heavy atom. The molecule has 0 spiro atoms. The van der Waals surface area contributed by atoms with Gasteiger partial charge in [0.15, 0.2) is 0 Å². The van der Waals surface area contributed by atoms with Crippen molar-refractivity contribution in [1.82, 2.24) is 9.78 Å². The van der Waals surface area contributed by atoms with Gasteiger partial charge in [-0.3, -0.25) is 4.68 Å². The number of ether oxygens (including phenoxy) is 1. The molecule has 1 aromatic heterocycles. The fraction of sp³-hybridized carbons (Fsp3) is 0.308. The number of methoxy groups -OCH3 is 1. The minimum absolute atomic E-state index is 0.788. The molecule has 1 heterocycles. The summed E-state index contributed by atoms with van der Waals surface area (Å²) in [5.41, 5.74) is 3.41. The maximum Gasteiger partial charge on any atom is 0.121 e. The number of rotatable bonds is 4. The van der Waals surface area contributed by atoms with Gasteiger partial charge in [-0.15, -0.1) is 0 Å². The van der Waals surface area contributed by atoms with Gasteiger partial charge in [0.1, 0.15) is 5.75 Å². The van der Waals surface area contributed by atoms with Crippen LogP contribution in [0.15, 0.2) is 30.6 Å². The molecule has 0 fully saturated rings. The number of hydrogen-bond acceptors (Lipinski definition) is 3. The fourth-order valence-electron chi connectivity index (χ4n) is 1.77. The van der Waals surface area contributed by atoms with Gasteiger partial charge in [0.25, 0.3) is 0 Å². The first kappa shape index (κ1) is 11.5. The molecule has 0 aliphatic carbocycles. The summed E-state index contributed by atoms with van der Waals surface area (Å²) < 4.78 is 7.01. The Balaban J connectivity index is 2.02. The average Bonchev–Trinajstić information content (AvgIpc) is 2.73. The van der Waals surface area contributed by atoms with Crippen LogP contribution in [0.3, 0.4) is 0 Å². The van der Waals surface area contributed by atoms with Crippen molar-refractivity contribution in [3.05, 3.63) is 41.7 Å². The van der Waals surface area contributed by atoms with E-state index < -0.39 is 0 Å². The second-order valence-corrected chi connectivity index (χ2v) is 4.06. The van der Waals surface area contributed by atoms with E-state index in [1.807, 2.05) is 32.4 Å². The first-order chi connectivity index (χ1) is 8.19. The highest BCUT2D eigenvalue weighted by Crippen LogP contribution is 2.19. The van der Waals surface area contributed by atoms with Crippen LogP contribution >= 0.6 is 0 Å². The van der Waals surface area contributed by atoms with Gasteiger partial charge in [0.2, 0.25) is 0 Å². The van der Waals surface area contributed by atoms with E-state index in [-0.39, 0.29) is 0 Å². The smallest absolute Gasteiger partial charge is 0.121 e. The second kappa shape index (κ2) is 4.91. The Morgan fingerprint density at radius 2 is 2.24 bits per heavy atom. The van der Waals surface area contributed by atoms with E-state index in [4.69, 9.17) is 4.74 Å². The minimum Gasteiger partial charge on any atom is -0.496 e. The second-order valence-electron chi connectivity index (χ2n) is 4.06. The number of benzene rings is 1. The van der Waals surface area contributed by atoms with Gasteiger partial charge < -0.3 is 10.1 Å². The van der Waals surface area contributed by atoms with Gasteiger partial charge in [-0.05, 0) is 24.1 Å². The maximum absolute atomic E-state index is 5.23. The van der Waals surface area contributed by atoms with E-state index in [1.165, 1.54) is 5.56 Å². The highest BCUT2D eigenvalue weighted by Gasteiger charge is 2.00. The van der Waals surface area contributed by atoms with Crippen LogP contribution < -0.4 is 10.1 Å². The summed E-state index contributed by atoms with van der Waals surface area (Å²) in [6.45, 7) is 2.84. The fourth-order valence-corrected chi connectivity index (χ4v) is 1.77. The largest absolute Gasteiger partial charge is 0.496 e. The predicted molar refractivity (Wildman–Crippen MR) is 68.3 cm³/mol. The van der Waals surface area contributed by atoms with Crippen LogP contribution in [-0.2, 0) is 13.6 Å².